The number of thioether (sulfide) groups is 1. The van der Waals surface area contributed by atoms with Crippen molar-refractivity contribution in [3.63, 3.8) is 0 Å². The van der Waals surface area contributed by atoms with Crippen LogP contribution < -0.4 is 0 Å². The largest absolute Gasteiger partial charge is 0.303 e. The minimum Gasteiger partial charge on any atom is -0.303 e. The van der Waals surface area contributed by atoms with E-state index in [0.717, 1.165) is 17.5 Å². The number of rotatable bonds is 1. The molecule has 44 valence electrons. The first-order valence-corrected chi connectivity index (χ1v) is 4.05. The van der Waals surface area contributed by atoms with E-state index in [0.29, 0.717) is 5.92 Å². The summed E-state index contributed by atoms with van der Waals surface area (Å²) >= 11 is 1.97. The Morgan fingerprint density at radius 3 is 2.88 bits per heavy atom. The molecule has 2 fully saturated rings. The second-order valence-electron chi connectivity index (χ2n) is 2.50. The van der Waals surface area contributed by atoms with Crippen LogP contribution in [-0.2, 0) is 4.79 Å². The lowest BCUT2D eigenvalue weighted by atomic mass is 10.3. The summed E-state index contributed by atoms with van der Waals surface area (Å²) < 4.78 is 0. The molecule has 1 nitrogen and oxygen atoms in total. The second-order valence-corrected chi connectivity index (χ2v) is 3.79. The number of hydrogen-bond donors (Lipinski definition) is 0. The smallest absolute Gasteiger partial charge is 0.124 e. The molecule has 0 aromatic rings. The van der Waals surface area contributed by atoms with Crippen molar-refractivity contribution in [1.82, 2.24) is 0 Å². The van der Waals surface area contributed by atoms with Crippen LogP contribution in [0.3, 0.4) is 0 Å². The van der Waals surface area contributed by atoms with E-state index in [1.807, 2.05) is 11.8 Å². The first-order valence-electron chi connectivity index (χ1n) is 3.00. The highest BCUT2D eigenvalue weighted by Gasteiger charge is 2.53. The molecule has 2 rings (SSSR count). The molecule has 1 unspecified atom stereocenters. The van der Waals surface area contributed by atoms with Crippen molar-refractivity contribution in [3.8, 4) is 0 Å². The van der Waals surface area contributed by atoms with Gasteiger partial charge in [0.1, 0.15) is 6.29 Å². The third kappa shape index (κ3) is 0.467. The SMILES string of the molecule is O=CC1[C@H]2CCS[C@@H]12. The number of carbonyl (C=O) groups excluding carboxylic acids is 1. The molecule has 0 spiro atoms. The molecule has 1 heterocycles. The molecular weight excluding hydrogens is 120 g/mol. The fraction of sp³-hybridized carbons (Fsp3) is 0.833. The van der Waals surface area contributed by atoms with E-state index < -0.39 is 0 Å². The van der Waals surface area contributed by atoms with Gasteiger partial charge in [-0.15, -0.1) is 0 Å². The Balaban J connectivity index is 2.03. The van der Waals surface area contributed by atoms with E-state index in [1.54, 1.807) is 0 Å². The molecule has 0 aromatic heterocycles. The highest BCUT2D eigenvalue weighted by molar-refractivity contribution is 8.00. The van der Waals surface area contributed by atoms with Crippen LogP contribution in [0.1, 0.15) is 6.42 Å². The van der Waals surface area contributed by atoms with Gasteiger partial charge in [-0.1, -0.05) is 0 Å². The number of fused-ring (bicyclic) bond motifs is 1. The van der Waals surface area contributed by atoms with Crippen LogP contribution in [0, 0.1) is 11.8 Å². The summed E-state index contributed by atoms with van der Waals surface area (Å²) in [6.45, 7) is 0. The molecule has 1 aliphatic heterocycles. The first-order chi connectivity index (χ1) is 3.93. The van der Waals surface area contributed by atoms with Gasteiger partial charge in [0.25, 0.3) is 0 Å². The van der Waals surface area contributed by atoms with Gasteiger partial charge in [-0.2, -0.15) is 11.8 Å². The Morgan fingerprint density at radius 1 is 1.62 bits per heavy atom. The Morgan fingerprint density at radius 2 is 2.50 bits per heavy atom. The summed E-state index contributed by atoms with van der Waals surface area (Å²) in [6, 6.07) is 0. The van der Waals surface area contributed by atoms with E-state index in [4.69, 9.17) is 0 Å². The summed E-state index contributed by atoms with van der Waals surface area (Å²) in [5.74, 6) is 2.53. The zero-order chi connectivity index (χ0) is 5.56. The van der Waals surface area contributed by atoms with Gasteiger partial charge in [-0.05, 0) is 18.1 Å². The maximum atomic E-state index is 10.2. The highest BCUT2D eigenvalue weighted by atomic mass is 32.2. The van der Waals surface area contributed by atoms with Gasteiger partial charge in [0.2, 0.25) is 0 Å². The van der Waals surface area contributed by atoms with Gasteiger partial charge in [0.15, 0.2) is 0 Å². The van der Waals surface area contributed by atoms with Crippen molar-refractivity contribution >= 4 is 18.0 Å². The lowest BCUT2D eigenvalue weighted by molar-refractivity contribution is -0.109. The molecule has 8 heavy (non-hydrogen) atoms. The third-order valence-electron chi connectivity index (χ3n) is 2.07. The highest BCUT2D eigenvalue weighted by Crippen LogP contribution is 2.55. The fourth-order valence-corrected chi connectivity index (χ4v) is 3.12. The van der Waals surface area contributed by atoms with Gasteiger partial charge < -0.3 is 4.79 Å². The van der Waals surface area contributed by atoms with E-state index in [1.165, 1.54) is 12.2 Å². The summed E-state index contributed by atoms with van der Waals surface area (Å²) in [6.07, 6.45) is 2.42. The maximum Gasteiger partial charge on any atom is 0.124 e. The van der Waals surface area contributed by atoms with Crippen molar-refractivity contribution in [2.24, 2.45) is 11.8 Å². The summed E-state index contributed by atoms with van der Waals surface area (Å²) in [5.41, 5.74) is 0. The normalized spacial score (nSPS) is 50.8. The van der Waals surface area contributed by atoms with Crippen LogP contribution in [0.4, 0.5) is 0 Å². The molecule has 2 aliphatic rings. The number of carbonyl (C=O) groups is 1. The maximum absolute atomic E-state index is 10.2. The molecule has 3 atom stereocenters. The zero-order valence-corrected chi connectivity index (χ0v) is 5.36. The van der Waals surface area contributed by atoms with Crippen LogP contribution in [0.5, 0.6) is 0 Å². The Labute approximate surface area is 52.8 Å². The average Bonchev–Trinajstić information content (AvgIpc) is 2.22. The van der Waals surface area contributed by atoms with Crippen molar-refractivity contribution in [3.05, 3.63) is 0 Å². The van der Waals surface area contributed by atoms with Crippen LogP contribution in [0.25, 0.3) is 0 Å². The van der Waals surface area contributed by atoms with Crippen LogP contribution in [0.15, 0.2) is 0 Å². The standard InChI is InChI=1S/C6H8OS/c7-3-5-4-1-2-8-6(4)5/h3-6H,1-2H2/t4-,5?,6-/m1/s1. The lowest BCUT2D eigenvalue weighted by Crippen LogP contribution is -1.87. The van der Waals surface area contributed by atoms with Gasteiger partial charge >= 0.3 is 0 Å². The molecule has 0 bridgehead atoms. The minimum absolute atomic E-state index is 0.453. The average molecular weight is 128 g/mol. The van der Waals surface area contributed by atoms with Crippen molar-refractivity contribution in [1.29, 1.82) is 0 Å². The molecular formula is C6H8OS. The Bertz CT molecular complexity index is 114. The van der Waals surface area contributed by atoms with Gasteiger partial charge in [0.05, 0.1) is 0 Å². The molecule has 2 heteroatoms. The molecule has 0 radical (unpaired) electrons. The summed E-state index contributed by atoms with van der Waals surface area (Å²) in [5, 5.41) is 0.743. The van der Waals surface area contributed by atoms with Gasteiger partial charge in [-0.25, -0.2) is 0 Å². The summed E-state index contributed by atoms with van der Waals surface area (Å²) in [4.78, 5) is 10.2. The zero-order valence-electron chi connectivity index (χ0n) is 4.54. The summed E-state index contributed by atoms with van der Waals surface area (Å²) in [7, 11) is 0. The van der Waals surface area contributed by atoms with Crippen molar-refractivity contribution < 1.29 is 4.79 Å². The quantitative estimate of drug-likeness (QED) is 0.489. The molecule has 1 aliphatic carbocycles. The topological polar surface area (TPSA) is 17.1 Å². The first kappa shape index (κ1) is 4.86. The third-order valence-corrected chi connectivity index (χ3v) is 3.59. The monoisotopic (exact) mass is 128 g/mol. The van der Waals surface area contributed by atoms with Gasteiger partial charge in [-0.3, -0.25) is 0 Å². The lowest BCUT2D eigenvalue weighted by Gasteiger charge is -1.89. The van der Waals surface area contributed by atoms with E-state index in [-0.39, 0.29) is 0 Å². The number of hydrogen-bond acceptors (Lipinski definition) is 2. The molecule has 0 amide bonds. The number of aldehydes is 1. The van der Waals surface area contributed by atoms with Crippen molar-refractivity contribution in [2.75, 3.05) is 5.75 Å². The molecule has 0 N–H and O–H groups in total. The second kappa shape index (κ2) is 1.50. The van der Waals surface area contributed by atoms with Crippen molar-refractivity contribution in [2.45, 2.75) is 11.7 Å². The van der Waals surface area contributed by atoms with E-state index >= 15 is 0 Å². The fourth-order valence-electron chi connectivity index (χ4n) is 1.48. The van der Waals surface area contributed by atoms with Crippen LogP contribution in [0.2, 0.25) is 0 Å². The van der Waals surface area contributed by atoms with E-state index in [2.05, 4.69) is 0 Å². The molecule has 1 saturated heterocycles. The Kier molecular flexibility index (Phi) is 0.911. The molecule has 1 saturated carbocycles. The van der Waals surface area contributed by atoms with E-state index in [9.17, 15) is 4.79 Å². The van der Waals surface area contributed by atoms with Crippen LogP contribution >= 0.6 is 11.8 Å². The predicted molar refractivity (Wildman–Crippen MR) is 33.9 cm³/mol. The van der Waals surface area contributed by atoms with Crippen LogP contribution in [-0.4, -0.2) is 17.3 Å². The molecule has 0 aromatic carbocycles. The minimum atomic E-state index is 0.453. The van der Waals surface area contributed by atoms with Gasteiger partial charge in [0, 0.05) is 11.2 Å². The predicted octanol–water partition coefficient (Wildman–Crippen LogP) is 0.937. The Hall–Kier alpha value is 0.0200.